The molecule has 0 spiro atoms. The zero-order valence-electron chi connectivity index (χ0n) is 13.8. The molecule has 1 aromatic heterocycles. The van der Waals surface area contributed by atoms with E-state index in [-0.39, 0.29) is 24.5 Å². The molecule has 1 saturated carbocycles. The van der Waals surface area contributed by atoms with Crippen LogP contribution in [-0.2, 0) is 11.2 Å². The lowest BCUT2D eigenvalue weighted by atomic mass is 9.66. The van der Waals surface area contributed by atoms with E-state index in [9.17, 15) is 9.90 Å². The molecular weight excluding hydrogens is 304 g/mol. The molecule has 5 nitrogen and oxygen atoms in total. The van der Waals surface area contributed by atoms with Gasteiger partial charge < -0.3 is 19.7 Å². The Kier molecular flexibility index (Phi) is 2.98. The Hall–Kier alpha value is -2.01. The van der Waals surface area contributed by atoms with E-state index < -0.39 is 0 Å². The monoisotopic (exact) mass is 326 g/mol. The Balaban J connectivity index is 1.71. The normalized spacial score (nSPS) is 31.2. The Labute approximate surface area is 140 Å². The van der Waals surface area contributed by atoms with Gasteiger partial charge in [-0.05, 0) is 42.5 Å². The van der Waals surface area contributed by atoms with Gasteiger partial charge in [0.2, 0.25) is 5.91 Å². The molecule has 2 saturated heterocycles. The van der Waals surface area contributed by atoms with Crippen LogP contribution in [-0.4, -0.2) is 47.2 Å². The molecular formula is C19H22N2O3. The van der Waals surface area contributed by atoms with Crippen molar-refractivity contribution in [1.29, 1.82) is 0 Å². The highest BCUT2D eigenvalue weighted by Crippen LogP contribution is 2.50. The molecule has 3 aliphatic heterocycles. The smallest absolute Gasteiger partial charge is 0.227 e. The van der Waals surface area contributed by atoms with Crippen LogP contribution < -0.4 is 4.74 Å². The lowest BCUT2D eigenvalue weighted by Crippen LogP contribution is -2.58. The first kappa shape index (κ1) is 14.3. The van der Waals surface area contributed by atoms with Gasteiger partial charge in [0.15, 0.2) is 0 Å². The molecule has 4 aliphatic rings. The number of hydrogen-bond donors (Lipinski definition) is 2. The molecule has 4 atom stereocenters. The van der Waals surface area contributed by atoms with Gasteiger partial charge in [-0.1, -0.05) is 0 Å². The molecule has 24 heavy (non-hydrogen) atoms. The van der Waals surface area contributed by atoms with Crippen molar-refractivity contribution < 1.29 is 14.6 Å². The fourth-order valence-corrected chi connectivity index (χ4v) is 5.39. The summed E-state index contributed by atoms with van der Waals surface area (Å²) < 4.78 is 5.37. The van der Waals surface area contributed by atoms with E-state index in [1.54, 1.807) is 7.11 Å². The van der Waals surface area contributed by atoms with E-state index in [1.165, 1.54) is 5.69 Å². The van der Waals surface area contributed by atoms with Gasteiger partial charge >= 0.3 is 0 Å². The quantitative estimate of drug-likeness (QED) is 0.888. The molecule has 2 N–H and O–H groups in total. The first-order valence-corrected chi connectivity index (χ1v) is 8.78. The minimum absolute atomic E-state index is 0.142. The molecule has 4 heterocycles. The van der Waals surface area contributed by atoms with Crippen LogP contribution in [0.4, 0.5) is 0 Å². The van der Waals surface area contributed by atoms with Gasteiger partial charge in [-0.3, -0.25) is 4.79 Å². The lowest BCUT2D eigenvalue weighted by Gasteiger charge is -2.52. The topological polar surface area (TPSA) is 65.6 Å². The van der Waals surface area contributed by atoms with Crippen LogP contribution in [0.1, 0.15) is 30.0 Å². The Morgan fingerprint density at radius 1 is 1.38 bits per heavy atom. The third kappa shape index (κ3) is 1.82. The van der Waals surface area contributed by atoms with E-state index in [1.807, 2.05) is 18.2 Å². The number of aromatic nitrogens is 1. The molecule has 4 unspecified atom stereocenters. The largest absolute Gasteiger partial charge is 0.497 e. The highest BCUT2D eigenvalue weighted by Gasteiger charge is 2.51. The molecule has 4 bridgehead atoms. The summed E-state index contributed by atoms with van der Waals surface area (Å²) in [4.78, 5) is 18.6. The van der Waals surface area contributed by atoms with Crippen LogP contribution in [0.5, 0.6) is 5.75 Å². The van der Waals surface area contributed by atoms with Crippen LogP contribution in [0.2, 0.25) is 0 Å². The number of nitrogens with zero attached hydrogens (tertiary/aromatic N) is 1. The molecule has 126 valence electrons. The zero-order valence-corrected chi connectivity index (χ0v) is 13.8. The van der Waals surface area contributed by atoms with Gasteiger partial charge in [0, 0.05) is 47.6 Å². The number of benzene rings is 1. The predicted molar refractivity (Wildman–Crippen MR) is 90.1 cm³/mol. The summed E-state index contributed by atoms with van der Waals surface area (Å²) in [5.41, 5.74) is 3.41. The van der Waals surface area contributed by atoms with Crippen LogP contribution in [0.3, 0.4) is 0 Å². The average Bonchev–Trinajstić information content (AvgIpc) is 2.95. The Morgan fingerprint density at radius 2 is 2.25 bits per heavy atom. The minimum Gasteiger partial charge on any atom is -0.497 e. The molecule has 2 aromatic rings. The summed E-state index contributed by atoms with van der Waals surface area (Å²) >= 11 is 0. The van der Waals surface area contributed by atoms with Crippen LogP contribution in [0.25, 0.3) is 10.9 Å². The van der Waals surface area contributed by atoms with Crippen molar-refractivity contribution in [3.05, 3.63) is 29.5 Å². The number of H-pyrrole nitrogens is 1. The SMILES string of the molecule is COc1ccc2[nH]c3c(c2c1)CC(=O)N1CC2CC(CO)C1C3C2. The summed E-state index contributed by atoms with van der Waals surface area (Å²) in [6.07, 6.45) is 2.60. The number of methoxy groups -OCH3 is 1. The number of carbonyl (C=O) groups excluding carboxylic acids is 1. The second kappa shape index (κ2) is 4.99. The number of piperidine rings is 2. The highest BCUT2D eigenvalue weighted by molar-refractivity contribution is 5.92. The number of amides is 1. The minimum atomic E-state index is 0.142. The van der Waals surface area contributed by atoms with Gasteiger partial charge in [0.25, 0.3) is 0 Å². The fourth-order valence-electron chi connectivity index (χ4n) is 5.39. The maximum atomic E-state index is 12.9. The van der Waals surface area contributed by atoms with Crippen molar-refractivity contribution in [2.75, 3.05) is 20.3 Å². The van der Waals surface area contributed by atoms with E-state index >= 15 is 0 Å². The molecule has 5 heteroatoms. The third-order valence-corrected chi connectivity index (χ3v) is 6.33. The molecule has 1 amide bonds. The first-order chi connectivity index (χ1) is 11.7. The van der Waals surface area contributed by atoms with Crippen LogP contribution in [0.15, 0.2) is 18.2 Å². The Morgan fingerprint density at radius 3 is 3.04 bits per heavy atom. The van der Waals surface area contributed by atoms with Gasteiger partial charge in [-0.15, -0.1) is 0 Å². The lowest BCUT2D eigenvalue weighted by molar-refractivity contribution is -0.142. The number of ether oxygens (including phenoxy) is 1. The second-order valence-electron chi connectivity index (χ2n) is 7.53. The van der Waals surface area contributed by atoms with Crippen LogP contribution >= 0.6 is 0 Å². The molecule has 0 radical (unpaired) electrons. The standard InChI is InChI=1S/C19H22N2O3/c1-24-12-2-3-16-13(6-12)14-7-17(23)21-8-10-4-11(9-22)19(21)15(5-10)18(14)20-16/h2-3,6,10-11,15,19-20,22H,4-5,7-9H2,1H3. The second-order valence-corrected chi connectivity index (χ2v) is 7.53. The number of aromatic amines is 1. The molecule has 6 rings (SSSR count). The predicted octanol–water partition coefficient (Wildman–Crippen LogP) is 2.05. The summed E-state index contributed by atoms with van der Waals surface area (Å²) in [6.45, 7) is 1.03. The maximum absolute atomic E-state index is 12.9. The number of hydrogen-bond acceptors (Lipinski definition) is 3. The van der Waals surface area contributed by atoms with Crippen molar-refractivity contribution in [1.82, 2.24) is 9.88 Å². The summed E-state index contributed by atoms with van der Waals surface area (Å²) in [5.74, 6) is 2.05. The maximum Gasteiger partial charge on any atom is 0.227 e. The van der Waals surface area contributed by atoms with Gasteiger partial charge in [0.05, 0.1) is 13.5 Å². The van der Waals surface area contributed by atoms with Gasteiger partial charge in [0.1, 0.15) is 5.75 Å². The average molecular weight is 326 g/mol. The van der Waals surface area contributed by atoms with E-state index in [0.29, 0.717) is 18.3 Å². The molecule has 1 aromatic carbocycles. The van der Waals surface area contributed by atoms with Crippen molar-refractivity contribution in [3.63, 3.8) is 0 Å². The van der Waals surface area contributed by atoms with Gasteiger partial charge in [-0.2, -0.15) is 0 Å². The number of carbonyl (C=O) groups is 1. The number of aliphatic hydroxyl groups excluding tert-OH is 1. The number of fused-ring (bicyclic) bond motifs is 4. The molecule has 3 fully saturated rings. The number of rotatable bonds is 2. The Bertz CT molecular complexity index is 827. The summed E-state index contributed by atoms with van der Waals surface area (Å²) in [7, 11) is 1.67. The summed E-state index contributed by atoms with van der Waals surface area (Å²) in [5, 5.41) is 10.9. The number of nitrogens with one attached hydrogen (secondary N) is 1. The van der Waals surface area contributed by atoms with Crippen molar-refractivity contribution in [3.8, 4) is 5.75 Å². The first-order valence-electron chi connectivity index (χ1n) is 8.78. The van der Waals surface area contributed by atoms with Crippen molar-refractivity contribution in [2.24, 2.45) is 11.8 Å². The van der Waals surface area contributed by atoms with Gasteiger partial charge in [-0.25, -0.2) is 0 Å². The number of aliphatic hydroxyl groups is 1. The van der Waals surface area contributed by atoms with Crippen molar-refractivity contribution in [2.45, 2.75) is 31.2 Å². The zero-order chi connectivity index (χ0) is 16.4. The third-order valence-electron chi connectivity index (χ3n) is 6.33. The van der Waals surface area contributed by atoms with Crippen molar-refractivity contribution >= 4 is 16.8 Å². The van der Waals surface area contributed by atoms with E-state index in [2.05, 4.69) is 9.88 Å². The highest BCUT2D eigenvalue weighted by atomic mass is 16.5. The fraction of sp³-hybridized carbons (Fsp3) is 0.526. The van der Waals surface area contributed by atoms with E-state index in [0.717, 1.165) is 41.6 Å². The van der Waals surface area contributed by atoms with Crippen LogP contribution in [0, 0.1) is 11.8 Å². The van der Waals surface area contributed by atoms with E-state index in [4.69, 9.17) is 4.74 Å². The molecule has 1 aliphatic carbocycles. The summed E-state index contributed by atoms with van der Waals surface area (Å²) in [6, 6.07) is 6.17.